The first-order valence-electron chi connectivity index (χ1n) is 3.36. The molecule has 1 aromatic rings. The third-order valence-electron chi connectivity index (χ3n) is 1.58. The zero-order valence-electron chi connectivity index (χ0n) is 6.72. The monoisotopic (exact) mass is 297 g/mol. The van der Waals surface area contributed by atoms with Crippen molar-refractivity contribution in [2.24, 2.45) is 0 Å². The normalized spacial score (nSPS) is 11.9. The summed E-state index contributed by atoms with van der Waals surface area (Å²) in [5.41, 5.74) is 3.52. The average Bonchev–Trinajstić information content (AvgIpc) is 2.09. The fourth-order valence-electron chi connectivity index (χ4n) is 0.901. The van der Waals surface area contributed by atoms with Gasteiger partial charge in [-0.1, -0.05) is 46.4 Å². The summed E-state index contributed by atoms with van der Waals surface area (Å²) in [6.45, 7) is 0. The summed E-state index contributed by atoms with van der Waals surface area (Å²) in [4.78, 5) is 0. The van der Waals surface area contributed by atoms with Crippen molar-refractivity contribution in [3.05, 3.63) is 25.7 Å². The van der Waals surface area contributed by atoms with Crippen molar-refractivity contribution in [3.63, 3.8) is 0 Å². The molecule has 0 aliphatic rings. The standard InChI is InChI=1S/C7H2Cl4F3N/c8-2-1(7(12,13)14)3(9)6(15)5(11)4(2)10/h15H2. The Morgan fingerprint density at radius 2 is 1.27 bits per heavy atom. The van der Waals surface area contributed by atoms with Gasteiger partial charge in [-0.25, -0.2) is 0 Å². The molecule has 1 nitrogen and oxygen atoms in total. The van der Waals surface area contributed by atoms with Gasteiger partial charge in [0, 0.05) is 0 Å². The zero-order chi connectivity index (χ0) is 12.0. The summed E-state index contributed by atoms with van der Waals surface area (Å²) in [5, 5.41) is -2.26. The molecule has 84 valence electrons. The highest BCUT2D eigenvalue weighted by Gasteiger charge is 2.38. The molecule has 0 spiro atoms. The second-order valence-electron chi connectivity index (χ2n) is 2.54. The van der Waals surface area contributed by atoms with Gasteiger partial charge in [0.25, 0.3) is 0 Å². The largest absolute Gasteiger partial charge is 0.419 e. The van der Waals surface area contributed by atoms with Crippen LogP contribution in [-0.4, -0.2) is 0 Å². The molecule has 0 unspecified atom stereocenters. The van der Waals surface area contributed by atoms with Gasteiger partial charge in [0.15, 0.2) is 0 Å². The van der Waals surface area contributed by atoms with Crippen molar-refractivity contribution in [1.29, 1.82) is 0 Å². The van der Waals surface area contributed by atoms with E-state index in [4.69, 9.17) is 52.1 Å². The molecule has 8 heteroatoms. The van der Waals surface area contributed by atoms with E-state index < -0.39 is 32.5 Å². The highest BCUT2D eigenvalue weighted by atomic mass is 35.5. The van der Waals surface area contributed by atoms with Gasteiger partial charge in [-0.05, 0) is 0 Å². The van der Waals surface area contributed by atoms with Crippen LogP contribution in [0.1, 0.15) is 5.56 Å². The van der Waals surface area contributed by atoms with E-state index in [1.807, 2.05) is 0 Å². The van der Waals surface area contributed by atoms with Crippen LogP contribution >= 0.6 is 46.4 Å². The summed E-state index contributed by atoms with van der Waals surface area (Å²) < 4.78 is 37.4. The minimum Gasteiger partial charge on any atom is -0.396 e. The first kappa shape index (κ1) is 13.0. The molecule has 0 amide bonds. The lowest BCUT2D eigenvalue weighted by atomic mass is 10.2. The van der Waals surface area contributed by atoms with Crippen LogP contribution in [0.3, 0.4) is 0 Å². The van der Waals surface area contributed by atoms with Gasteiger partial charge in [0.1, 0.15) is 0 Å². The van der Waals surface area contributed by atoms with Crippen LogP contribution in [0.4, 0.5) is 18.9 Å². The Balaban J connectivity index is 3.68. The molecule has 0 fully saturated rings. The molecule has 2 N–H and O–H groups in total. The first-order valence-corrected chi connectivity index (χ1v) is 4.87. The van der Waals surface area contributed by atoms with Crippen LogP contribution < -0.4 is 5.73 Å². The number of anilines is 1. The number of rotatable bonds is 0. The first-order chi connectivity index (χ1) is 6.68. The van der Waals surface area contributed by atoms with E-state index in [1.54, 1.807) is 0 Å². The molecule has 15 heavy (non-hydrogen) atoms. The van der Waals surface area contributed by atoms with Crippen LogP contribution in [0.2, 0.25) is 20.1 Å². The van der Waals surface area contributed by atoms with Gasteiger partial charge in [-0.3, -0.25) is 0 Å². The maximum Gasteiger partial charge on any atom is 0.419 e. The molecule has 1 rings (SSSR count). The van der Waals surface area contributed by atoms with E-state index in [1.165, 1.54) is 0 Å². The molecule has 0 atom stereocenters. The fraction of sp³-hybridized carbons (Fsp3) is 0.143. The molecule has 0 bridgehead atoms. The van der Waals surface area contributed by atoms with Gasteiger partial charge in [-0.2, -0.15) is 13.2 Å². The van der Waals surface area contributed by atoms with Gasteiger partial charge >= 0.3 is 6.18 Å². The van der Waals surface area contributed by atoms with Gasteiger partial charge < -0.3 is 5.73 Å². The zero-order valence-corrected chi connectivity index (χ0v) is 9.75. The van der Waals surface area contributed by atoms with Crippen LogP contribution in [0.5, 0.6) is 0 Å². The summed E-state index contributed by atoms with van der Waals surface area (Å²) in [6, 6.07) is 0. The molecule has 0 aromatic heterocycles. The predicted octanol–water partition coefficient (Wildman–Crippen LogP) is 4.90. The molecule has 0 radical (unpaired) electrons. The second kappa shape index (κ2) is 4.09. The Labute approximate surface area is 103 Å². The number of nitrogen functional groups attached to an aromatic ring is 1. The Bertz CT molecular complexity index is 387. The Hall–Kier alpha value is -0.0300. The lowest BCUT2D eigenvalue weighted by Gasteiger charge is -2.15. The highest BCUT2D eigenvalue weighted by Crippen LogP contribution is 2.48. The molecule has 0 aliphatic heterocycles. The molecule has 0 saturated heterocycles. The van der Waals surface area contributed by atoms with Crippen molar-refractivity contribution < 1.29 is 13.2 Å². The van der Waals surface area contributed by atoms with Gasteiger partial charge in [0.2, 0.25) is 0 Å². The summed E-state index contributed by atoms with van der Waals surface area (Å²) in [6.07, 6.45) is -4.74. The van der Waals surface area contributed by atoms with Crippen molar-refractivity contribution >= 4 is 52.1 Å². The summed E-state index contributed by atoms with van der Waals surface area (Å²) in [5.74, 6) is 0. The number of hydrogen-bond acceptors (Lipinski definition) is 1. The SMILES string of the molecule is Nc1c(Cl)c(Cl)c(Cl)c(C(F)(F)F)c1Cl. The second-order valence-corrected chi connectivity index (χ2v) is 4.05. The number of nitrogens with two attached hydrogens (primary N) is 1. The van der Waals surface area contributed by atoms with E-state index in [0.717, 1.165) is 0 Å². The minimum atomic E-state index is -4.74. The predicted molar refractivity (Wildman–Crippen MR) is 55.9 cm³/mol. The van der Waals surface area contributed by atoms with E-state index in [0.29, 0.717) is 0 Å². The fourth-order valence-corrected chi connectivity index (χ4v) is 2.02. The molecule has 0 saturated carbocycles. The van der Waals surface area contributed by atoms with Crippen molar-refractivity contribution in [3.8, 4) is 0 Å². The molecule has 1 aromatic carbocycles. The molecule has 0 heterocycles. The van der Waals surface area contributed by atoms with E-state index >= 15 is 0 Å². The van der Waals surface area contributed by atoms with Crippen LogP contribution in [0, 0.1) is 0 Å². The van der Waals surface area contributed by atoms with Crippen LogP contribution in [0.25, 0.3) is 0 Å². The summed E-state index contributed by atoms with van der Waals surface area (Å²) in [7, 11) is 0. The molecular formula is C7H2Cl4F3N. The average molecular weight is 299 g/mol. The smallest absolute Gasteiger partial charge is 0.396 e. The number of hydrogen-bond donors (Lipinski definition) is 1. The highest BCUT2D eigenvalue weighted by molar-refractivity contribution is 6.51. The summed E-state index contributed by atoms with van der Waals surface area (Å²) >= 11 is 21.8. The lowest BCUT2D eigenvalue weighted by Crippen LogP contribution is -2.09. The van der Waals surface area contributed by atoms with E-state index in [9.17, 15) is 13.2 Å². The van der Waals surface area contributed by atoms with E-state index in [-0.39, 0.29) is 5.02 Å². The Kier molecular flexibility index (Phi) is 3.55. The third kappa shape index (κ3) is 2.23. The van der Waals surface area contributed by atoms with Gasteiger partial charge in [0.05, 0.1) is 31.3 Å². The number of halogens is 7. The maximum atomic E-state index is 12.5. The number of benzene rings is 1. The molecule has 0 aliphatic carbocycles. The van der Waals surface area contributed by atoms with Crippen LogP contribution in [0.15, 0.2) is 0 Å². The van der Waals surface area contributed by atoms with E-state index in [2.05, 4.69) is 0 Å². The van der Waals surface area contributed by atoms with Crippen molar-refractivity contribution in [1.82, 2.24) is 0 Å². The maximum absolute atomic E-state index is 12.5. The lowest BCUT2D eigenvalue weighted by molar-refractivity contribution is -0.137. The third-order valence-corrected chi connectivity index (χ3v) is 3.32. The molecular weight excluding hydrogens is 297 g/mol. The van der Waals surface area contributed by atoms with Crippen LogP contribution in [-0.2, 0) is 6.18 Å². The van der Waals surface area contributed by atoms with Crippen molar-refractivity contribution in [2.75, 3.05) is 5.73 Å². The topological polar surface area (TPSA) is 26.0 Å². The Morgan fingerprint density at radius 1 is 0.800 bits per heavy atom. The van der Waals surface area contributed by atoms with Crippen molar-refractivity contribution in [2.45, 2.75) is 6.18 Å². The quantitative estimate of drug-likeness (QED) is 0.411. The number of alkyl halides is 3. The Morgan fingerprint density at radius 3 is 1.67 bits per heavy atom. The minimum absolute atomic E-state index is 0.292. The van der Waals surface area contributed by atoms with Gasteiger partial charge in [-0.15, -0.1) is 0 Å².